The Kier molecular flexibility index (Phi) is 8.38. The molecule has 0 saturated carbocycles. The lowest BCUT2D eigenvalue weighted by Gasteiger charge is -2.35. The second-order valence-electron chi connectivity index (χ2n) is 7.80. The molecule has 1 unspecified atom stereocenters. The summed E-state index contributed by atoms with van der Waals surface area (Å²) in [7, 11) is -1.94. The number of benzene rings is 1. The van der Waals surface area contributed by atoms with Crippen LogP contribution in [-0.4, -0.2) is 56.5 Å². The lowest BCUT2D eigenvalue weighted by atomic mass is 9.98. The number of ether oxygens (including phenoxy) is 1. The summed E-state index contributed by atoms with van der Waals surface area (Å²) in [4.78, 5) is 18.3. The van der Waals surface area contributed by atoms with Crippen LogP contribution in [0.1, 0.15) is 18.4 Å². The van der Waals surface area contributed by atoms with E-state index in [4.69, 9.17) is 4.74 Å². The summed E-state index contributed by atoms with van der Waals surface area (Å²) in [6.07, 6.45) is 6.62. The van der Waals surface area contributed by atoms with Crippen LogP contribution >= 0.6 is 0 Å². The van der Waals surface area contributed by atoms with E-state index < -0.39 is 15.2 Å². The molecule has 1 aromatic heterocycles. The Labute approximate surface area is 189 Å². The lowest BCUT2D eigenvalue weighted by Crippen LogP contribution is -2.45. The number of pyridine rings is 1. The molecule has 1 aliphatic rings. The summed E-state index contributed by atoms with van der Waals surface area (Å²) in [5.41, 5.74) is 1.38. The number of sulfone groups is 1. The van der Waals surface area contributed by atoms with Gasteiger partial charge in [0.15, 0.2) is 9.84 Å². The van der Waals surface area contributed by atoms with E-state index in [0.717, 1.165) is 18.4 Å². The minimum atomic E-state index is -3.63. The van der Waals surface area contributed by atoms with E-state index in [1.807, 2.05) is 11.0 Å². The monoisotopic (exact) mass is 458 g/mol. The molecular weight excluding hydrogens is 428 g/mol. The number of urea groups is 1. The number of likely N-dealkylation sites (tertiary alicyclic amines) is 1. The fourth-order valence-electron chi connectivity index (χ4n) is 3.81. The highest BCUT2D eigenvalue weighted by molar-refractivity contribution is 7.92. The van der Waals surface area contributed by atoms with Gasteiger partial charge in [-0.3, -0.25) is 9.88 Å². The third-order valence-electron chi connectivity index (χ3n) is 5.55. The number of rotatable bonds is 9. The van der Waals surface area contributed by atoms with Crippen LogP contribution in [0.4, 0.5) is 10.5 Å². The average Bonchev–Trinajstić information content (AvgIpc) is 2.80. The van der Waals surface area contributed by atoms with Gasteiger partial charge in [0.05, 0.1) is 4.90 Å². The van der Waals surface area contributed by atoms with E-state index in [9.17, 15) is 13.2 Å². The highest BCUT2D eigenvalue weighted by atomic mass is 32.2. The summed E-state index contributed by atoms with van der Waals surface area (Å²) >= 11 is 0. The van der Waals surface area contributed by atoms with Gasteiger partial charge >= 0.3 is 6.03 Å². The predicted molar refractivity (Wildman–Crippen MR) is 124 cm³/mol. The number of anilines is 1. The molecule has 8 nitrogen and oxygen atoms in total. The van der Waals surface area contributed by atoms with Crippen molar-refractivity contribution in [2.45, 2.75) is 29.7 Å². The smallest absolute Gasteiger partial charge is 0.319 e. The topological polar surface area (TPSA) is 101 Å². The lowest BCUT2D eigenvalue weighted by molar-refractivity contribution is 0.0993. The molecule has 9 heteroatoms. The van der Waals surface area contributed by atoms with E-state index >= 15 is 0 Å². The van der Waals surface area contributed by atoms with E-state index in [-0.39, 0.29) is 10.9 Å². The van der Waals surface area contributed by atoms with Gasteiger partial charge in [-0.1, -0.05) is 12.1 Å². The van der Waals surface area contributed by atoms with Gasteiger partial charge < -0.3 is 15.4 Å². The van der Waals surface area contributed by atoms with Gasteiger partial charge in [-0.05, 0) is 54.7 Å². The maximum absolute atomic E-state index is 13.2. The molecule has 1 aromatic carbocycles. The van der Waals surface area contributed by atoms with Crippen LogP contribution in [0.2, 0.25) is 0 Å². The maximum atomic E-state index is 13.2. The van der Waals surface area contributed by atoms with Gasteiger partial charge in [-0.25, -0.2) is 13.2 Å². The molecular formula is C23H30N4O4S. The van der Waals surface area contributed by atoms with Crippen molar-refractivity contribution < 1.29 is 17.9 Å². The van der Waals surface area contributed by atoms with Crippen molar-refractivity contribution in [1.29, 1.82) is 0 Å². The van der Waals surface area contributed by atoms with Crippen LogP contribution < -0.4 is 10.6 Å². The van der Waals surface area contributed by atoms with E-state index in [1.54, 1.807) is 37.7 Å². The highest BCUT2D eigenvalue weighted by Crippen LogP contribution is 2.26. The van der Waals surface area contributed by atoms with E-state index in [1.165, 1.54) is 18.2 Å². The third-order valence-corrected chi connectivity index (χ3v) is 7.60. The number of aromatic nitrogens is 1. The first-order chi connectivity index (χ1) is 15.4. The number of amides is 2. The Balaban J connectivity index is 1.59. The molecule has 2 aromatic rings. The zero-order valence-corrected chi connectivity index (χ0v) is 19.1. The molecule has 0 spiro atoms. The second-order valence-corrected chi connectivity index (χ2v) is 9.84. The molecule has 1 aliphatic heterocycles. The van der Waals surface area contributed by atoms with Crippen molar-refractivity contribution in [1.82, 2.24) is 15.2 Å². The molecule has 32 heavy (non-hydrogen) atoms. The number of nitrogens with one attached hydrogen (secondary N) is 2. The van der Waals surface area contributed by atoms with Crippen LogP contribution in [-0.2, 0) is 21.1 Å². The predicted octanol–water partition coefficient (Wildman–Crippen LogP) is 3.05. The molecule has 172 valence electrons. The van der Waals surface area contributed by atoms with Gasteiger partial charge in [0, 0.05) is 51.4 Å². The summed E-state index contributed by atoms with van der Waals surface area (Å²) in [6.45, 7) is 6.17. The van der Waals surface area contributed by atoms with Crippen LogP contribution in [0, 0.1) is 5.92 Å². The Bertz CT molecular complexity index is 988. The Morgan fingerprint density at radius 2 is 2.00 bits per heavy atom. The largest absolute Gasteiger partial charge is 0.384 e. The first kappa shape index (κ1) is 23.9. The summed E-state index contributed by atoms with van der Waals surface area (Å²) in [6, 6.07) is 9.48. The number of hydrogen-bond acceptors (Lipinski definition) is 6. The molecule has 0 radical (unpaired) electrons. The summed E-state index contributed by atoms with van der Waals surface area (Å²) < 4.78 is 31.7. The molecule has 2 heterocycles. The SMILES string of the molecule is C=CC(N1CCC(COC)CC1)S(=O)(=O)c1ccc(NC(=O)NCc2cccnc2)cc1. The third kappa shape index (κ3) is 6.15. The van der Waals surface area contributed by atoms with Gasteiger partial charge in [-0.2, -0.15) is 0 Å². The zero-order chi connectivity index (χ0) is 23.0. The fourth-order valence-corrected chi connectivity index (χ4v) is 5.46. The Hall–Kier alpha value is -2.75. The normalized spacial score (nSPS) is 16.3. The average molecular weight is 459 g/mol. The van der Waals surface area contributed by atoms with Gasteiger partial charge in [0.2, 0.25) is 0 Å². The first-order valence-electron chi connectivity index (χ1n) is 10.6. The maximum Gasteiger partial charge on any atom is 0.319 e. The molecule has 1 saturated heterocycles. The number of carbonyl (C=O) groups is 1. The van der Waals surface area contributed by atoms with Crippen molar-refractivity contribution in [3.8, 4) is 0 Å². The number of methoxy groups -OCH3 is 1. The first-order valence-corrected chi connectivity index (χ1v) is 12.1. The molecule has 2 N–H and O–H groups in total. The fraction of sp³-hybridized carbons (Fsp3) is 0.391. The zero-order valence-electron chi connectivity index (χ0n) is 18.2. The summed E-state index contributed by atoms with van der Waals surface area (Å²) in [5.74, 6) is 0.457. The quantitative estimate of drug-likeness (QED) is 0.560. The van der Waals surface area contributed by atoms with Crippen molar-refractivity contribution in [2.24, 2.45) is 5.92 Å². The number of carbonyl (C=O) groups excluding carboxylic acids is 1. The van der Waals surface area contributed by atoms with Crippen molar-refractivity contribution in [3.63, 3.8) is 0 Å². The van der Waals surface area contributed by atoms with Crippen molar-refractivity contribution >= 4 is 21.6 Å². The minimum absolute atomic E-state index is 0.197. The number of nitrogens with zero attached hydrogens (tertiary/aromatic N) is 2. The molecule has 2 amide bonds. The van der Waals surface area contributed by atoms with Crippen LogP contribution in [0.5, 0.6) is 0 Å². The van der Waals surface area contributed by atoms with Gasteiger partial charge in [0.25, 0.3) is 0 Å². The van der Waals surface area contributed by atoms with Crippen molar-refractivity contribution in [2.75, 3.05) is 32.1 Å². The van der Waals surface area contributed by atoms with Crippen molar-refractivity contribution in [3.05, 3.63) is 67.0 Å². The Morgan fingerprint density at radius 3 is 2.59 bits per heavy atom. The van der Waals surface area contributed by atoms with Gasteiger partial charge in [-0.15, -0.1) is 6.58 Å². The van der Waals surface area contributed by atoms with E-state index in [0.29, 0.717) is 37.8 Å². The van der Waals surface area contributed by atoms with Crippen LogP contribution in [0.15, 0.2) is 66.3 Å². The number of piperidine rings is 1. The van der Waals surface area contributed by atoms with Gasteiger partial charge in [0.1, 0.15) is 5.37 Å². The van der Waals surface area contributed by atoms with Crippen LogP contribution in [0.3, 0.4) is 0 Å². The Morgan fingerprint density at radius 1 is 1.28 bits per heavy atom. The molecule has 3 rings (SSSR count). The van der Waals surface area contributed by atoms with E-state index in [2.05, 4.69) is 22.2 Å². The molecule has 0 bridgehead atoms. The number of hydrogen-bond donors (Lipinski definition) is 2. The standard InChI is InChI=1S/C23H30N4O4S/c1-3-22(27-13-10-18(11-14-27)17-31-2)32(29,30)21-8-6-20(7-9-21)26-23(28)25-16-19-5-4-12-24-15-19/h3-9,12,15,18,22H,1,10-11,13-14,16-17H2,2H3,(H2,25,26,28). The van der Waals surface area contributed by atoms with Crippen LogP contribution in [0.25, 0.3) is 0 Å². The summed E-state index contributed by atoms with van der Waals surface area (Å²) in [5, 5.41) is 4.66. The molecule has 0 aliphatic carbocycles. The second kappa shape index (κ2) is 11.2. The molecule has 1 fully saturated rings. The highest BCUT2D eigenvalue weighted by Gasteiger charge is 2.33. The minimum Gasteiger partial charge on any atom is -0.384 e. The molecule has 1 atom stereocenters.